The predicted octanol–water partition coefficient (Wildman–Crippen LogP) is 3.65. The van der Waals surface area contributed by atoms with E-state index < -0.39 is 0 Å². The number of ether oxygens (including phenoxy) is 1. The summed E-state index contributed by atoms with van der Waals surface area (Å²) in [6, 6.07) is 8.92. The van der Waals surface area contributed by atoms with E-state index in [2.05, 4.69) is 44.3 Å². The van der Waals surface area contributed by atoms with Gasteiger partial charge in [0.2, 0.25) is 0 Å². The van der Waals surface area contributed by atoms with Gasteiger partial charge in [0.15, 0.2) is 0 Å². The van der Waals surface area contributed by atoms with Gasteiger partial charge in [-0.3, -0.25) is 0 Å². The Kier molecular flexibility index (Phi) is 6.81. The highest BCUT2D eigenvalue weighted by Crippen LogP contribution is 2.12. The monoisotopic (exact) mass is 249 g/mol. The summed E-state index contributed by atoms with van der Waals surface area (Å²) in [5.74, 6) is 1.74. The Morgan fingerprint density at radius 1 is 1.17 bits per heavy atom. The minimum atomic E-state index is 0.609. The first-order chi connectivity index (χ1) is 8.61. The number of rotatable bonds is 8. The standard InChI is InChI=1S/C16H27NO/c1-13(2)8-9-14(3)17-11-10-15-6-5-7-16(12-15)18-4/h5-7,12-14,17H,8-11H2,1-4H3. The first kappa shape index (κ1) is 15.0. The second kappa shape index (κ2) is 8.15. The minimum absolute atomic E-state index is 0.609. The number of hydrogen-bond acceptors (Lipinski definition) is 2. The highest BCUT2D eigenvalue weighted by atomic mass is 16.5. The molecule has 102 valence electrons. The first-order valence-corrected chi connectivity index (χ1v) is 6.98. The van der Waals surface area contributed by atoms with E-state index in [4.69, 9.17) is 4.74 Å². The zero-order valence-corrected chi connectivity index (χ0v) is 12.2. The molecule has 1 aromatic carbocycles. The highest BCUT2D eigenvalue weighted by molar-refractivity contribution is 5.28. The molecule has 0 bridgehead atoms. The van der Waals surface area contributed by atoms with Crippen molar-refractivity contribution in [2.45, 2.75) is 46.1 Å². The Morgan fingerprint density at radius 3 is 2.61 bits per heavy atom. The molecule has 1 atom stereocenters. The SMILES string of the molecule is COc1cccc(CCNC(C)CCC(C)C)c1. The van der Waals surface area contributed by atoms with Crippen LogP contribution in [0, 0.1) is 5.92 Å². The summed E-state index contributed by atoms with van der Waals surface area (Å²) in [4.78, 5) is 0. The molecule has 0 saturated carbocycles. The number of methoxy groups -OCH3 is 1. The van der Waals surface area contributed by atoms with E-state index in [1.54, 1.807) is 7.11 Å². The van der Waals surface area contributed by atoms with Crippen LogP contribution in [0.25, 0.3) is 0 Å². The lowest BCUT2D eigenvalue weighted by Gasteiger charge is -2.15. The minimum Gasteiger partial charge on any atom is -0.497 e. The van der Waals surface area contributed by atoms with Crippen molar-refractivity contribution in [1.29, 1.82) is 0 Å². The lowest BCUT2D eigenvalue weighted by Crippen LogP contribution is -2.28. The average molecular weight is 249 g/mol. The van der Waals surface area contributed by atoms with Crippen molar-refractivity contribution < 1.29 is 4.74 Å². The van der Waals surface area contributed by atoms with E-state index in [1.165, 1.54) is 18.4 Å². The summed E-state index contributed by atoms with van der Waals surface area (Å²) >= 11 is 0. The molecule has 0 heterocycles. The number of hydrogen-bond donors (Lipinski definition) is 1. The Labute approximate surface area is 112 Å². The van der Waals surface area contributed by atoms with Crippen LogP contribution < -0.4 is 10.1 Å². The number of benzene rings is 1. The fraction of sp³-hybridized carbons (Fsp3) is 0.625. The largest absolute Gasteiger partial charge is 0.497 e. The van der Waals surface area contributed by atoms with Gasteiger partial charge in [-0.15, -0.1) is 0 Å². The average Bonchev–Trinajstić information content (AvgIpc) is 2.36. The Balaban J connectivity index is 2.24. The van der Waals surface area contributed by atoms with Gasteiger partial charge in [-0.1, -0.05) is 26.0 Å². The zero-order valence-electron chi connectivity index (χ0n) is 12.2. The summed E-state index contributed by atoms with van der Waals surface area (Å²) in [5.41, 5.74) is 1.33. The van der Waals surface area contributed by atoms with Gasteiger partial charge in [0, 0.05) is 6.04 Å². The molecule has 0 saturated heterocycles. The smallest absolute Gasteiger partial charge is 0.119 e. The summed E-state index contributed by atoms with van der Waals surface area (Å²) in [5, 5.41) is 3.58. The second-order valence-electron chi connectivity index (χ2n) is 5.43. The first-order valence-electron chi connectivity index (χ1n) is 6.98. The van der Waals surface area contributed by atoms with Crippen molar-refractivity contribution in [2.24, 2.45) is 5.92 Å². The molecule has 0 spiro atoms. The zero-order chi connectivity index (χ0) is 13.4. The molecule has 1 aromatic rings. The van der Waals surface area contributed by atoms with Crippen LogP contribution in [0.15, 0.2) is 24.3 Å². The molecule has 0 aromatic heterocycles. The van der Waals surface area contributed by atoms with Crippen LogP contribution >= 0.6 is 0 Å². The Hall–Kier alpha value is -1.02. The van der Waals surface area contributed by atoms with E-state index in [1.807, 2.05) is 6.07 Å². The summed E-state index contributed by atoms with van der Waals surface area (Å²) in [6.07, 6.45) is 3.62. The molecular weight excluding hydrogens is 222 g/mol. The summed E-state index contributed by atoms with van der Waals surface area (Å²) in [6.45, 7) is 7.87. The summed E-state index contributed by atoms with van der Waals surface area (Å²) in [7, 11) is 1.71. The maximum absolute atomic E-state index is 5.23. The topological polar surface area (TPSA) is 21.3 Å². The molecule has 0 aliphatic carbocycles. The third kappa shape index (κ3) is 6.06. The van der Waals surface area contributed by atoms with Crippen molar-refractivity contribution in [3.63, 3.8) is 0 Å². The molecule has 1 N–H and O–H groups in total. The molecule has 0 amide bonds. The maximum Gasteiger partial charge on any atom is 0.119 e. The van der Waals surface area contributed by atoms with Crippen molar-refractivity contribution in [2.75, 3.05) is 13.7 Å². The predicted molar refractivity (Wildman–Crippen MR) is 78.2 cm³/mol. The fourth-order valence-electron chi connectivity index (χ4n) is 1.98. The maximum atomic E-state index is 5.23. The molecule has 2 nitrogen and oxygen atoms in total. The molecular formula is C16H27NO. The van der Waals surface area contributed by atoms with E-state index in [0.717, 1.165) is 24.6 Å². The Morgan fingerprint density at radius 2 is 1.94 bits per heavy atom. The lowest BCUT2D eigenvalue weighted by molar-refractivity contribution is 0.414. The van der Waals surface area contributed by atoms with Gasteiger partial charge in [0.05, 0.1) is 7.11 Å². The van der Waals surface area contributed by atoms with Crippen molar-refractivity contribution in [3.05, 3.63) is 29.8 Å². The van der Waals surface area contributed by atoms with Crippen LogP contribution in [0.4, 0.5) is 0 Å². The van der Waals surface area contributed by atoms with Crippen LogP contribution in [0.3, 0.4) is 0 Å². The third-order valence-corrected chi connectivity index (χ3v) is 3.22. The van der Waals surface area contributed by atoms with Crippen LogP contribution in [0.5, 0.6) is 5.75 Å². The van der Waals surface area contributed by atoms with E-state index >= 15 is 0 Å². The molecule has 0 fully saturated rings. The highest BCUT2D eigenvalue weighted by Gasteiger charge is 2.03. The number of nitrogens with one attached hydrogen (secondary N) is 1. The molecule has 0 radical (unpaired) electrons. The molecule has 1 unspecified atom stereocenters. The van der Waals surface area contributed by atoms with Gasteiger partial charge in [-0.25, -0.2) is 0 Å². The van der Waals surface area contributed by atoms with Gasteiger partial charge in [0.25, 0.3) is 0 Å². The van der Waals surface area contributed by atoms with Crippen molar-refractivity contribution >= 4 is 0 Å². The normalized spacial score (nSPS) is 12.7. The van der Waals surface area contributed by atoms with Gasteiger partial charge < -0.3 is 10.1 Å². The van der Waals surface area contributed by atoms with Gasteiger partial charge in [-0.05, 0) is 56.3 Å². The summed E-state index contributed by atoms with van der Waals surface area (Å²) < 4.78 is 5.23. The van der Waals surface area contributed by atoms with Gasteiger partial charge in [0.1, 0.15) is 5.75 Å². The lowest BCUT2D eigenvalue weighted by atomic mass is 10.0. The fourth-order valence-corrected chi connectivity index (χ4v) is 1.98. The molecule has 1 rings (SSSR count). The third-order valence-electron chi connectivity index (χ3n) is 3.22. The molecule has 2 heteroatoms. The quantitative estimate of drug-likeness (QED) is 0.759. The second-order valence-corrected chi connectivity index (χ2v) is 5.43. The van der Waals surface area contributed by atoms with Crippen LogP contribution in [-0.2, 0) is 6.42 Å². The van der Waals surface area contributed by atoms with E-state index in [-0.39, 0.29) is 0 Å². The van der Waals surface area contributed by atoms with E-state index in [0.29, 0.717) is 6.04 Å². The molecule has 18 heavy (non-hydrogen) atoms. The van der Waals surface area contributed by atoms with E-state index in [9.17, 15) is 0 Å². The molecule has 0 aliphatic heterocycles. The van der Waals surface area contributed by atoms with Crippen LogP contribution in [0.1, 0.15) is 39.2 Å². The van der Waals surface area contributed by atoms with Crippen LogP contribution in [-0.4, -0.2) is 19.7 Å². The van der Waals surface area contributed by atoms with Crippen LogP contribution in [0.2, 0.25) is 0 Å². The Bertz CT molecular complexity index is 336. The van der Waals surface area contributed by atoms with Crippen molar-refractivity contribution in [1.82, 2.24) is 5.32 Å². The molecule has 0 aliphatic rings. The van der Waals surface area contributed by atoms with Gasteiger partial charge in [-0.2, -0.15) is 0 Å². The van der Waals surface area contributed by atoms with Gasteiger partial charge >= 0.3 is 0 Å². The van der Waals surface area contributed by atoms with Crippen molar-refractivity contribution in [3.8, 4) is 5.75 Å².